The second kappa shape index (κ2) is 4.84. The van der Waals surface area contributed by atoms with Crippen LogP contribution in [0.3, 0.4) is 0 Å². The van der Waals surface area contributed by atoms with E-state index in [9.17, 15) is 8.42 Å². The van der Waals surface area contributed by atoms with Crippen LogP contribution in [0.2, 0.25) is 0 Å². The highest BCUT2D eigenvalue weighted by molar-refractivity contribution is 7.92. The van der Waals surface area contributed by atoms with Gasteiger partial charge in [0.25, 0.3) is 0 Å². The average Bonchev–Trinajstić information content (AvgIpc) is 2.17. The molecule has 0 saturated heterocycles. The molecule has 0 aliphatic carbocycles. The number of sulfone groups is 1. The highest BCUT2D eigenvalue weighted by Gasteiger charge is 2.19. The Balaban J connectivity index is 2.96. The highest BCUT2D eigenvalue weighted by atomic mass is 32.2. The summed E-state index contributed by atoms with van der Waals surface area (Å²) in [7, 11) is -3.40. The minimum atomic E-state index is -3.40. The first-order valence-corrected chi connectivity index (χ1v) is 6.65. The van der Waals surface area contributed by atoms with Crippen molar-refractivity contribution in [2.75, 3.05) is 0 Å². The Bertz CT molecular complexity index is 435. The molecule has 90 valence electrons. The lowest BCUT2D eigenvalue weighted by atomic mass is 10.3. The fraction of sp³-hybridized carbons (Fsp3) is 0.455. The molecule has 0 radical (unpaired) electrons. The predicted octanol–water partition coefficient (Wildman–Crippen LogP) is 1.55. The van der Waals surface area contributed by atoms with Crippen molar-refractivity contribution >= 4 is 9.84 Å². The van der Waals surface area contributed by atoms with Gasteiger partial charge in [0.2, 0.25) is 0 Å². The largest absolute Gasteiger partial charge is 0.491 e. The van der Waals surface area contributed by atoms with Gasteiger partial charge in [-0.3, -0.25) is 0 Å². The maximum absolute atomic E-state index is 11.7. The zero-order valence-corrected chi connectivity index (χ0v) is 10.5. The summed E-state index contributed by atoms with van der Waals surface area (Å²) >= 11 is 0. The molecule has 0 amide bonds. The van der Waals surface area contributed by atoms with E-state index < -0.39 is 15.2 Å². The SMILES string of the molecule is CC(C)Oc1ccc(S(=O)(=O)C(C)N)cc1. The molecular formula is C11H17NO3S. The maximum atomic E-state index is 11.7. The van der Waals surface area contributed by atoms with Gasteiger partial charge in [0.15, 0.2) is 9.84 Å². The van der Waals surface area contributed by atoms with E-state index in [4.69, 9.17) is 10.5 Å². The summed E-state index contributed by atoms with van der Waals surface area (Å²) in [4.78, 5) is 0.221. The van der Waals surface area contributed by atoms with E-state index in [0.29, 0.717) is 5.75 Å². The topological polar surface area (TPSA) is 69.4 Å². The number of nitrogens with two attached hydrogens (primary N) is 1. The molecule has 1 aromatic carbocycles. The molecule has 0 aliphatic rings. The molecule has 2 N–H and O–H groups in total. The molecule has 0 spiro atoms. The van der Waals surface area contributed by atoms with Crippen molar-refractivity contribution < 1.29 is 13.2 Å². The third-order valence-corrected chi connectivity index (χ3v) is 3.92. The van der Waals surface area contributed by atoms with Crippen LogP contribution in [0, 0.1) is 0 Å². The fourth-order valence-corrected chi connectivity index (χ4v) is 2.14. The Morgan fingerprint density at radius 2 is 1.62 bits per heavy atom. The second-order valence-corrected chi connectivity index (χ2v) is 6.19. The molecule has 0 saturated carbocycles. The maximum Gasteiger partial charge on any atom is 0.193 e. The smallest absolute Gasteiger partial charge is 0.193 e. The van der Waals surface area contributed by atoms with E-state index in [1.54, 1.807) is 12.1 Å². The van der Waals surface area contributed by atoms with Crippen LogP contribution in [0.4, 0.5) is 0 Å². The van der Waals surface area contributed by atoms with Crippen molar-refractivity contribution in [2.45, 2.75) is 37.1 Å². The third-order valence-electron chi connectivity index (χ3n) is 2.01. The first kappa shape index (κ1) is 13.0. The van der Waals surface area contributed by atoms with Crippen LogP contribution in [0.1, 0.15) is 20.8 Å². The van der Waals surface area contributed by atoms with Crippen LogP contribution >= 0.6 is 0 Å². The Morgan fingerprint density at radius 1 is 1.12 bits per heavy atom. The molecule has 4 nitrogen and oxygen atoms in total. The summed E-state index contributed by atoms with van der Waals surface area (Å²) in [5, 5.41) is -0.899. The normalized spacial score (nSPS) is 13.8. The van der Waals surface area contributed by atoms with Crippen molar-refractivity contribution in [3.63, 3.8) is 0 Å². The van der Waals surface area contributed by atoms with Crippen molar-refractivity contribution in [2.24, 2.45) is 5.73 Å². The highest BCUT2D eigenvalue weighted by Crippen LogP contribution is 2.19. The van der Waals surface area contributed by atoms with Crippen LogP contribution < -0.4 is 10.5 Å². The van der Waals surface area contributed by atoms with E-state index in [1.165, 1.54) is 19.1 Å². The minimum absolute atomic E-state index is 0.0656. The Labute approximate surface area is 96.3 Å². The second-order valence-electron chi connectivity index (χ2n) is 3.89. The standard InChI is InChI=1S/C11H17NO3S/c1-8(2)15-10-4-6-11(7-5-10)16(13,14)9(3)12/h4-9H,12H2,1-3H3. The Morgan fingerprint density at radius 3 is 2.00 bits per heavy atom. The zero-order valence-electron chi connectivity index (χ0n) is 9.67. The fourth-order valence-electron chi connectivity index (χ4n) is 1.19. The number of rotatable bonds is 4. The van der Waals surface area contributed by atoms with Crippen molar-refractivity contribution in [3.05, 3.63) is 24.3 Å². The molecule has 1 aromatic rings. The third kappa shape index (κ3) is 2.96. The van der Waals surface area contributed by atoms with E-state index in [-0.39, 0.29) is 11.0 Å². The number of hydrogen-bond donors (Lipinski definition) is 1. The van der Waals surface area contributed by atoms with Gasteiger partial charge in [-0.2, -0.15) is 0 Å². The summed E-state index contributed by atoms with van der Waals surface area (Å²) in [5.74, 6) is 0.652. The number of ether oxygens (including phenoxy) is 1. The molecule has 0 aliphatic heterocycles. The van der Waals surface area contributed by atoms with Gasteiger partial charge in [0.1, 0.15) is 11.1 Å². The zero-order chi connectivity index (χ0) is 12.3. The molecule has 0 aromatic heterocycles. The molecule has 0 heterocycles. The Hall–Kier alpha value is -1.07. The first-order chi connectivity index (χ1) is 7.34. The summed E-state index contributed by atoms with van der Waals surface area (Å²) < 4.78 is 28.8. The minimum Gasteiger partial charge on any atom is -0.491 e. The van der Waals surface area contributed by atoms with Crippen LogP contribution in [-0.4, -0.2) is 19.9 Å². The van der Waals surface area contributed by atoms with Crippen LogP contribution in [-0.2, 0) is 9.84 Å². The van der Waals surface area contributed by atoms with E-state index in [0.717, 1.165) is 0 Å². The lowest BCUT2D eigenvalue weighted by Gasteiger charge is -2.11. The first-order valence-electron chi connectivity index (χ1n) is 5.10. The number of benzene rings is 1. The summed E-state index contributed by atoms with van der Waals surface area (Å²) in [6.07, 6.45) is 0.0656. The monoisotopic (exact) mass is 243 g/mol. The molecule has 0 bridgehead atoms. The summed E-state index contributed by atoms with van der Waals surface area (Å²) in [6.45, 7) is 5.27. The van der Waals surface area contributed by atoms with Gasteiger partial charge >= 0.3 is 0 Å². The molecule has 1 rings (SSSR count). The summed E-state index contributed by atoms with van der Waals surface area (Å²) in [6, 6.07) is 6.29. The lowest BCUT2D eigenvalue weighted by Crippen LogP contribution is -2.26. The van der Waals surface area contributed by atoms with Gasteiger partial charge in [-0.1, -0.05) is 0 Å². The molecule has 1 atom stereocenters. The van der Waals surface area contributed by atoms with Crippen LogP contribution in [0.15, 0.2) is 29.2 Å². The van der Waals surface area contributed by atoms with E-state index >= 15 is 0 Å². The van der Waals surface area contributed by atoms with Gasteiger partial charge in [-0.25, -0.2) is 8.42 Å². The van der Waals surface area contributed by atoms with Gasteiger partial charge in [0, 0.05) is 0 Å². The van der Waals surface area contributed by atoms with Crippen LogP contribution in [0.25, 0.3) is 0 Å². The average molecular weight is 243 g/mol. The predicted molar refractivity (Wildman–Crippen MR) is 63.0 cm³/mol. The quantitative estimate of drug-likeness (QED) is 0.871. The van der Waals surface area contributed by atoms with Gasteiger partial charge in [0.05, 0.1) is 11.0 Å². The van der Waals surface area contributed by atoms with Crippen molar-refractivity contribution in [1.82, 2.24) is 0 Å². The molecular weight excluding hydrogens is 226 g/mol. The van der Waals surface area contributed by atoms with Crippen LogP contribution in [0.5, 0.6) is 5.75 Å². The molecule has 0 fully saturated rings. The van der Waals surface area contributed by atoms with E-state index in [1.807, 2.05) is 13.8 Å². The number of hydrogen-bond acceptors (Lipinski definition) is 4. The van der Waals surface area contributed by atoms with Gasteiger partial charge in [-0.15, -0.1) is 0 Å². The van der Waals surface area contributed by atoms with Gasteiger partial charge in [-0.05, 0) is 45.0 Å². The molecule has 5 heteroatoms. The molecule has 1 unspecified atom stereocenters. The summed E-state index contributed by atoms with van der Waals surface area (Å²) in [5.41, 5.74) is 5.40. The van der Waals surface area contributed by atoms with Gasteiger partial charge < -0.3 is 10.5 Å². The molecule has 16 heavy (non-hydrogen) atoms. The van der Waals surface area contributed by atoms with Crippen molar-refractivity contribution in [1.29, 1.82) is 0 Å². The lowest BCUT2D eigenvalue weighted by molar-refractivity contribution is 0.242. The van der Waals surface area contributed by atoms with E-state index in [2.05, 4.69) is 0 Å². The van der Waals surface area contributed by atoms with Crippen molar-refractivity contribution in [3.8, 4) is 5.75 Å². The Kier molecular flexibility index (Phi) is 3.93.